The molecule has 2 aromatic rings. The smallest absolute Gasteiger partial charge is 0.0645 e. The van der Waals surface area contributed by atoms with Crippen LogP contribution in [0.25, 0.3) is 5.69 Å². The van der Waals surface area contributed by atoms with E-state index in [1.165, 1.54) is 37.7 Å². The van der Waals surface area contributed by atoms with Gasteiger partial charge < -0.3 is 5.32 Å². The number of rotatable bonds is 5. The van der Waals surface area contributed by atoms with Crippen LogP contribution in [0.2, 0.25) is 0 Å². The van der Waals surface area contributed by atoms with Crippen LogP contribution in [0.15, 0.2) is 42.7 Å². The van der Waals surface area contributed by atoms with Gasteiger partial charge in [-0.3, -0.25) is 0 Å². The lowest BCUT2D eigenvalue weighted by Gasteiger charge is -2.29. The highest BCUT2D eigenvalue weighted by atomic mass is 15.3. The lowest BCUT2D eigenvalue weighted by atomic mass is 9.84. The Labute approximate surface area is 127 Å². The van der Waals surface area contributed by atoms with Gasteiger partial charge in [0, 0.05) is 25.0 Å². The van der Waals surface area contributed by atoms with Crippen LogP contribution in [0.4, 0.5) is 0 Å². The van der Waals surface area contributed by atoms with Crippen molar-refractivity contribution < 1.29 is 0 Å². The van der Waals surface area contributed by atoms with Gasteiger partial charge in [-0.25, -0.2) is 4.68 Å². The van der Waals surface area contributed by atoms with Crippen molar-refractivity contribution in [3.63, 3.8) is 0 Å². The quantitative estimate of drug-likeness (QED) is 0.901. The second-order valence-corrected chi connectivity index (χ2v) is 6.14. The second-order valence-electron chi connectivity index (χ2n) is 6.14. The molecule has 1 aliphatic rings. The molecule has 2 unspecified atom stereocenters. The number of aromatic nitrogens is 2. The van der Waals surface area contributed by atoms with Crippen LogP contribution in [0.5, 0.6) is 0 Å². The highest BCUT2D eigenvalue weighted by molar-refractivity contribution is 5.33. The van der Waals surface area contributed by atoms with Crippen molar-refractivity contribution in [3.05, 3.63) is 48.3 Å². The molecule has 1 fully saturated rings. The summed E-state index contributed by atoms with van der Waals surface area (Å²) in [7, 11) is 0. The summed E-state index contributed by atoms with van der Waals surface area (Å²) in [6.45, 7) is 3.29. The lowest BCUT2D eigenvalue weighted by Crippen LogP contribution is -2.33. The number of hydrogen-bond donors (Lipinski definition) is 1. The molecule has 3 heteroatoms. The summed E-state index contributed by atoms with van der Waals surface area (Å²) in [4.78, 5) is 0. The summed E-state index contributed by atoms with van der Waals surface area (Å²) in [5.74, 6) is 0.929. The highest BCUT2D eigenvalue weighted by Crippen LogP contribution is 2.26. The maximum absolute atomic E-state index is 4.25. The van der Waals surface area contributed by atoms with E-state index < -0.39 is 0 Å². The first-order valence-electron chi connectivity index (χ1n) is 8.17. The van der Waals surface area contributed by atoms with Crippen LogP contribution in [0.3, 0.4) is 0 Å². The number of benzene rings is 1. The van der Waals surface area contributed by atoms with Gasteiger partial charge in [0.1, 0.15) is 0 Å². The summed E-state index contributed by atoms with van der Waals surface area (Å²) in [6, 6.07) is 11.3. The van der Waals surface area contributed by atoms with Gasteiger partial charge in [0.25, 0.3) is 0 Å². The lowest BCUT2D eigenvalue weighted by molar-refractivity contribution is 0.278. The molecule has 0 aliphatic heterocycles. The van der Waals surface area contributed by atoms with E-state index in [0.717, 1.165) is 18.2 Å². The summed E-state index contributed by atoms with van der Waals surface area (Å²) < 4.78 is 1.89. The number of nitrogens with one attached hydrogen (secondary N) is 1. The summed E-state index contributed by atoms with van der Waals surface area (Å²) in [5, 5.41) is 7.99. The maximum Gasteiger partial charge on any atom is 0.0645 e. The molecule has 1 saturated carbocycles. The fourth-order valence-corrected chi connectivity index (χ4v) is 3.30. The van der Waals surface area contributed by atoms with Gasteiger partial charge in [-0.15, -0.1) is 0 Å². The molecule has 1 aliphatic carbocycles. The van der Waals surface area contributed by atoms with Crippen LogP contribution in [-0.4, -0.2) is 15.8 Å². The van der Waals surface area contributed by atoms with E-state index in [4.69, 9.17) is 0 Å². The monoisotopic (exact) mass is 283 g/mol. The van der Waals surface area contributed by atoms with Crippen molar-refractivity contribution in [1.82, 2.24) is 15.1 Å². The third-order valence-electron chi connectivity index (χ3n) is 4.66. The zero-order valence-corrected chi connectivity index (χ0v) is 12.8. The van der Waals surface area contributed by atoms with Gasteiger partial charge in [-0.05, 0) is 42.5 Å². The van der Waals surface area contributed by atoms with Gasteiger partial charge in [0.2, 0.25) is 0 Å². The molecule has 2 atom stereocenters. The SMILES string of the molecule is CCC1CCCC(NCc2ccc(-n3cccn3)cc2)C1. The molecular weight excluding hydrogens is 258 g/mol. The van der Waals surface area contributed by atoms with E-state index >= 15 is 0 Å². The van der Waals surface area contributed by atoms with Crippen LogP contribution in [0, 0.1) is 5.92 Å². The molecule has 0 saturated heterocycles. The van der Waals surface area contributed by atoms with Crippen molar-refractivity contribution in [1.29, 1.82) is 0 Å². The molecule has 1 N–H and O–H groups in total. The van der Waals surface area contributed by atoms with Crippen molar-refractivity contribution in [3.8, 4) is 5.69 Å². The minimum atomic E-state index is 0.703. The van der Waals surface area contributed by atoms with Crippen LogP contribution in [-0.2, 0) is 6.54 Å². The predicted molar refractivity (Wildman–Crippen MR) is 86.4 cm³/mol. The molecule has 0 bridgehead atoms. The zero-order chi connectivity index (χ0) is 14.5. The summed E-state index contributed by atoms with van der Waals surface area (Å²) >= 11 is 0. The van der Waals surface area contributed by atoms with Crippen LogP contribution in [0.1, 0.15) is 44.6 Å². The van der Waals surface area contributed by atoms with Gasteiger partial charge in [0.15, 0.2) is 0 Å². The molecule has 1 aromatic carbocycles. The fourth-order valence-electron chi connectivity index (χ4n) is 3.30. The van der Waals surface area contributed by atoms with Gasteiger partial charge in [-0.1, -0.05) is 38.3 Å². The molecule has 0 radical (unpaired) electrons. The van der Waals surface area contributed by atoms with E-state index in [1.807, 2.05) is 23.1 Å². The second kappa shape index (κ2) is 6.90. The Kier molecular flexibility index (Phi) is 4.71. The van der Waals surface area contributed by atoms with Gasteiger partial charge in [0.05, 0.1) is 5.69 Å². The minimum Gasteiger partial charge on any atom is -0.310 e. The molecule has 3 rings (SSSR count). The standard InChI is InChI=1S/C18H25N3/c1-2-15-5-3-6-17(13-15)19-14-16-7-9-18(10-8-16)21-12-4-11-20-21/h4,7-12,15,17,19H,2-3,5-6,13-14H2,1H3. The highest BCUT2D eigenvalue weighted by Gasteiger charge is 2.19. The Balaban J connectivity index is 1.53. The molecule has 112 valence electrons. The molecule has 0 spiro atoms. The molecule has 0 amide bonds. The fraction of sp³-hybridized carbons (Fsp3) is 0.500. The molecule has 3 nitrogen and oxygen atoms in total. The molecule has 1 aromatic heterocycles. The first-order chi connectivity index (χ1) is 10.3. The Morgan fingerprint density at radius 1 is 1.24 bits per heavy atom. The molecular formula is C18H25N3. The normalized spacial score (nSPS) is 22.3. The third kappa shape index (κ3) is 3.73. The number of nitrogens with zero attached hydrogens (tertiary/aromatic N) is 2. The first kappa shape index (κ1) is 14.3. The van der Waals surface area contributed by atoms with E-state index in [-0.39, 0.29) is 0 Å². The van der Waals surface area contributed by atoms with E-state index in [1.54, 1.807) is 0 Å². The van der Waals surface area contributed by atoms with Crippen LogP contribution < -0.4 is 5.32 Å². The Hall–Kier alpha value is -1.61. The van der Waals surface area contributed by atoms with Gasteiger partial charge >= 0.3 is 0 Å². The average molecular weight is 283 g/mol. The van der Waals surface area contributed by atoms with E-state index in [9.17, 15) is 0 Å². The van der Waals surface area contributed by atoms with E-state index in [0.29, 0.717) is 6.04 Å². The number of hydrogen-bond acceptors (Lipinski definition) is 2. The summed E-state index contributed by atoms with van der Waals surface area (Å²) in [5.41, 5.74) is 2.47. The van der Waals surface area contributed by atoms with Crippen molar-refractivity contribution in [2.45, 2.75) is 51.6 Å². The van der Waals surface area contributed by atoms with Gasteiger partial charge in [-0.2, -0.15) is 5.10 Å². The average Bonchev–Trinajstić information content (AvgIpc) is 3.08. The molecule has 1 heterocycles. The third-order valence-corrected chi connectivity index (χ3v) is 4.66. The largest absolute Gasteiger partial charge is 0.310 e. The first-order valence-corrected chi connectivity index (χ1v) is 8.17. The maximum atomic E-state index is 4.25. The predicted octanol–water partition coefficient (Wildman–Crippen LogP) is 3.93. The van der Waals surface area contributed by atoms with Crippen molar-refractivity contribution in [2.24, 2.45) is 5.92 Å². The van der Waals surface area contributed by atoms with Crippen molar-refractivity contribution >= 4 is 0 Å². The van der Waals surface area contributed by atoms with Crippen LogP contribution >= 0.6 is 0 Å². The Bertz CT molecular complexity index is 530. The Morgan fingerprint density at radius 2 is 2.10 bits per heavy atom. The Morgan fingerprint density at radius 3 is 2.81 bits per heavy atom. The zero-order valence-electron chi connectivity index (χ0n) is 12.8. The van der Waals surface area contributed by atoms with E-state index in [2.05, 4.69) is 41.6 Å². The molecule has 21 heavy (non-hydrogen) atoms. The minimum absolute atomic E-state index is 0.703. The summed E-state index contributed by atoms with van der Waals surface area (Å²) in [6.07, 6.45) is 10.6. The van der Waals surface area contributed by atoms with Crippen molar-refractivity contribution in [2.75, 3.05) is 0 Å². The topological polar surface area (TPSA) is 29.9 Å².